The molecule has 30 heavy (non-hydrogen) atoms. The van der Waals surface area contributed by atoms with Gasteiger partial charge in [-0.1, -0.05) is 45.7 Å². The fourth-order valence-electron chi connectivity index (χ4n) is 5.39. The van der Waals surface area contributed by atoms with Crippen molar-refractivity contribution in [3.05, 3.63) is 11.9 Å². The Morgan fingerprint density at radius 2 is 1.80 bits per heavy atom. The molecule has 1 saturated carbocycles. The minimum Gasteiger partial charge on any atom is -0.480 e. The predicted molar refractivity (Wildman–Crippen MR) is 115 cm³/mol. The first kappa shape index (κ1) is 22.9. The van der Waals surface area contributed by atoms with Crippen LogP contribution in [0.2, 0.25) is 0 Å². The van der Waals surface area contributed by atoms with Crippen LogP contribution in [0, 0.1) is 23.7 Å². The number of aliphatic carboxylic acids is 1. The Morgan fingerprint density at radius 3 is 2.50 bits per heavy atom. The monoisotopic (exact) mass is 418 g/mol. The van der Waals surface area contributed by atoms with Gasteiger partial charge in [-0.2, -0.15) is 0 Å². The molecular formula is C23H38N4O3. The van der Waals surface area contributed by atoms with Crippen molar-refractivity contribution in [3.63, 3.8) is 0 Å². The maximum Gasteiger partial charge on any atom is 0.320 e. The molecule has 7 heteroatoms. The molecule has 1 aromatic heterocycles. The van der Waals surface area contributed by atoms with E-state index in [-0.39, 0.29) is 47.5 Å². The summed E-state index contributed by atoms with van der Waals surface area (Å²) >= 11 is 0. The molecule has 8 unspecified atom stereocenters. The van der Waals surface area contributed by atoms with Crippen molar-refractivity contribution >= 4 is 11.8 Å². The molecule has 1 aliphatic heterocycles. The topological polar surface area (TPSA) is 97.1 Å². The van der Waals surface area contributed by atoms with Gasteiger partial charge >= 0.3 is 5.97 Å². The minimum atomic E-state index is -0.842. The number of nitrogens with one attached hydrogen (secondary N) is 1. The lowest BCUT2D eigenvalue weighted by molar-refractivity contribution is -0.142. The zero-order valence-corrected chi connectivity index (χ0v) is 19.0. The highest BCUT2D eigenvalue weighted by atomic mass is 16.4. The first-order valence-corrected chi connectivity index (χ1v) is 11.6. The SMILES string of the molecule is CC1CC(C)C(C)C(=O)C2CCCCC2NC(C(=O)O)C(C)CC(C)n2cc1nn2. The zero-order valence-electron chi connectivity index (χ0n) is 19.0. The number of carbonyl (C=O) groups is 2. The molecule has 2 aliphatic rings. The number of hydrogen-bond donors (Lipinski definition) is 2. The first-order valence-electron chi connectivity index (χ1n) is 11.6. The molecule has 1 fully saturated rings. The highest BCUT2D eigenvalue weighted by Gasteiger charge is 2.38. The van der Waals surface area contributed by atoms with Gasteiger partial charge in [0.15, 0.2) is 0 Å². The fourth-order valence-corrected chi connectivity index (χ4v) is 5.39. The number of rotatable bonds is 1. The molecule has 2 heterocycles. The normalized spacial score (nSPS) is 38.9. The quantitative estimate of drug-likeness (QED) is 0.720. The van der Waals surface area contributed by atoms with Crippen LogP contribution < -0.4 is 5.32 Å². The van der Waals surface area contributed by atoms with Crippen LogP contribution in [-0.4, -0.2) is 43.9 Å². The van der Waals surface area contributed by atoms with Crippen molar-refractivity contribution in [2.45, 2.75) is 97.2 Å². The van der Waals surface area contributed by atoms with E-state index >= 15 is 0 Å². The van der Waals surface area contributed by atoms with Gasteiger partial charge in [-0.3, -0.25) is 9.59 Å². The Bertz CT molecular complexity index is 749. The van der Waals surface area contributed by atoms with Gasteiger partial charge in [0.05, 0.1) is 11.7 Å². The molecule has 2 N–H and O–H groups in total. The van der Waals surface area contributed by atoms with E-state index < -0.39 is 12.0 Å². The minimum absolute atomic E-state index is 0.0558. The molecular weight excluding hydrogens is 380 g/mol. The van der Waals surface area contributed by atoms with Gasteiger partial charge in [0.25, 0.3) is 0 Å². The molecule has 7 nitrogen and oxygen atoms in total. The van der Waals surface area contributed by atoms with Crippen LogP contribution in [0.15, 0.2) is 6.20 Å². The lowest BCUT2D eigenvalue weighted by Gasteiger charge is -2.37. The zero-order chi connectivity index (χ0) is 22.0. The third kappa shape index (κ3) is 4.93. The Hall–Kier alpha value is -1.76. The van der Waals surface area contributed by atoms with Crippen LogP contribution in [0.4, 0.5) is 0 Å². The average Bonchev–Trinajstić information content (AvgIpc) is 3.20. The molecule has 0 aromatic carbocycles. The van der Waals surface area contributed by atoms with Gasteiger partial charge in [0.2, 0.25) is 0 Å². The molecule has 0 amide bonds. The number of carbonyl (C=O) groups excluding carboxylic acids is 1. The summed E-state index contributed by atoms with van der Waals surface area (Å²) in [7, 11) is 0. The molecule has 1 aromatic rings. The summed E-state index contributed by atoms with van der Waals surface area (Å²) in [5.41, 5.74) is 0.944. The highest BCUT2D eigenvalue weighted by Crippen LogP contribution is 2.34. The van der Waals surface area contributed by atoms with Gasteiger partial charge in [-0.15, -0.1) is 5.10 Å². The summed E-state index contributed by atoms with van der Waals surface area (Å²) in [6.45, 7) is 10.4. The summed E-state index contributed by atoms with van der Waals surface area (Å²) in [6.07, 6.45) is 7.36. The maximum atomic E-state index is 13.5. The second-order valence-corrected chi connectivity index (χ2v) is 9.97. The van der Waals surface area contributed by atoms with Crippen LogP contribution >= 0.6 is 0 Å². The molecule has 168 valence electrons. The lowest BCUT2D eigenvalue weighted by atomic mass is 9.73. The number of carboxylic acids is 1. The number of hydrogen-bond acceptors (Lipinski definition) is 5. The van der Waals surface area contributed by atoms with Crippen LogP contribution in [0.25, 0.3) is 0 Å². The summed E-state index contributed by atoms with van der Waals surface area (Å²) in [4.78, 5) is 25.6. The van der Waals surface area contributed by atoms with Crippen molar-refractivity contribution in [2.75, 3.05) is 0 Å². The molecule has 0 radical (unpaired) electrons. The van der Waals surface area contributed by atoms with Gasteiger partial charge in [0.1, 0.15) is 11.8 Å². The number of Topliss-reactive ketones (excluding diaryl/α,β-unsaturated/α-hetero) is 1. The Labute approximate surface area is 180 Å². The molecule has 2 bridgehead atoms. The summed E-state index contributed by atoms with van der Waals surface area (Å²) < 4.78 is 1.86. The third-order valence-electron chi connectivity index (χ3n) is 7.59. The van der Waals surface area contributed by atoms with E-state index in [1.54, 1.807) is 0 Å². The van der Waals surface area contributed by atoms with E-state index in [2.05, 4.69) is 36.4 Å². The second-order valence-electron chi connectivity index (χ2n) is 9.97. The Morgan fingerprint density at radius 1 is 1.10 bits per heavy atom. The van der Waals surface area contributed by atoms with Crippen LogP contribution in [0.3, 0.4) is 0 Å². The number of carboxylic acid groups (broad SMARTS) is 1. The van der Waals surface area contributed by atoms with Crippen molar-refractivity contribution in [1.82, 2.24) is 20.3 Å². The Balaban J connectivity index is 1.94. The van der Waals surface area contributed by atoms with Crippen LogP contribution in [0.1, 0.15) is 90.8 Å². The van der Waals surface area contributed by atoms with Crippen molar-refractivity contribution in [1.29, 1.82) is 0 Å². The Kier molecular flexibility index (Phi) is 7.32. The van der Waals surface area contributed by atoms with E-state index in [4.69, 9.17) is 0 Å². The largest absolute Gasteiger partial charge is 0.480 e. The van der Waals surface area contributed by atoms with Crippen molar-refractivity contribution < 1.29 is 14.7 Å². The van der Waals surface area contributed by atoms with Gasteiger partial charge in [0, 0.05) is 30.0 Å². The van der Waals surface area contributed by atoms with Crippen LogP contribution in [-0.2, 0) is 9.59 Å². The summed E-state index contributed by atoms with van der Waals surface area (Å²) in [5, 5.41) is 22.0. The fraction of sp³-hybridized carbons (Fsp3) is 0.826. The number of ketones is 1. The molecule has 0 saturated heterocycles. The van der Waals surface area contributed by atoms with Gasteiger partial charge in [-0.05, 0) is 44.4 Å². The summed E-state index contributed by atoms with van der Waals surface area (Å²) in [6, 6.07) is -0.673. The van der Waals surface area contributed by atoms with Crippen molar-refractivity contribution in [3.8, 4) is 0 Å². The molecule has 3 rings (SSSR count). The number of nitrogens with zero attached hydrogens (tertiary/aromatic N) is 3. The van der Waals surface area contributed by atoms with Crippen LogP contribution in [0.5, 0.6) is 0 Å². The van der Waals surface area contributed by atoms with E-state index in [1.165, 1.54) is 0 Å². The maximum absolute atomic E-state index is 13.5. The lowest BCUT2D eigenvalue weighted by Crippen LogP contribution is -2.53. The molecule has 1 aliphatic carbocycles. The molecule has 0 spiro atoms. The van der Waals surface area contributed by atoms with E-state index in [0.717, 1.165) is 37.8 Å². The summed E-state index contributed by atoms with van der Waals surface area (Å²) in [5.74, 6) is -0.341. The highest BCUT2D eigenvalue weighted by molar-refractivity contribution is 5.84. The van der Waals surface area contributed by atoms with Gasteiger partial charge in [-0.25, -0.2) is 4.68 Å². The van der Waals surface area contributed by atoms with E-state index in [9.17, 15) is 14.7 Å². The van der Waals surface area contributed by atoms with E-state index in [0.29, 0.717) is 6.42 Å². The molecule has 8 atom stereocenters. The smallest absolute Gasteiger partial charge is 0.320 e. The predicted octanol–water partition coefficient (Wildman–Crippen LogP) is 3.82. The number of fused-ring (bicyclic) bond motifs is 3. The first-order chi connectivity index (χ1) is 14.2. The standard InChI is InChI=1S/C23H38N4O3/c1-13-10-14(2)20-12-27(26-25-20)16(4)11-15(3)21(23(29)30)24-19-9-7-6-8-18(19)22(28)17(13)5/h12-19,21,24H,6-11H2,1-5H3,(H,29,30). The third-order valence-corrected chi connectivity index (χ3v) is 7.59. The second kappa shape index (κ2) is 9.58. The number of aromatic nitrogens is 3. The van der Waals surface area contributed by atoms with Gasteiger partial charge < -0.3 is 10.4 Å². The van der Waals surface area contributed by atoms with Crippen molar-refractivity contribution in [2.24, 2.45) is 23.7 Å². The average molecular weight is 419 g/mol. The van der Waals surface area contributed by atoms with E-state index in [1.807, 2.05) is 24.7 Å².